The monoisotopic (exact) mass is 333 g/mol. The number of carbonyl (C=O) groups excluding carboxylic acids is 1. The second-order valence-electron chi connectivity index (χ2n) is 6.33. The van der Waals surface area contributed by atoms with Crippen LogP contribution in [0.15, 0.2) is 36.0 Å². The predicted molar refractivity (Wildman–Crippen MR) is 95.0 cm³/mol. The van der Waals surface area contributed by atoms with Gasteiger partial charge in [-0.05, 0) is 24.0 Å². The molecule has 5 heteroatoms. The zero-order valence-corrected chi connectivity index (χ0v) is 14.9. The van der Waals surface area contributed by atoms with Gasteiger partial charge in [0, 0.05) is 19.3 Å². The third-order valence-electron chi connectivity index (χ3n) is 3.00. The van der Waals surface area contributed by atoms with Crippen LogP contribution in [-0.2, 0) is 4.79 Å². The molecule has 1 rings (SSSR count). The lowest BCUT2D eigenvalue weighted by Gasteiger charge is -2.25. The fourth-order valence-electron chi connectivity index (χ4n) is 2.19. The lowest BCUT2D eigenvalue weighted by Crippen LogP contribution is -2.28. The van der Waals surface area contributed by atoms with E-state index in [2.05, 4.69) is 33.0 Å². The van der Waals surface area contributed by atoms with E-state index in [-0.39, 0.29) is 5.57 Å². The standard InChI is InChI=1S/C18H24ClN3O/c1-13(2)10-22(11-14(3)4)12-15(9-20)18(23)21-17-8-6-5-7-16(17)19/h5-8,12-14H,10-11H2,1-4H3,(H,21,23)/b15-12-. The van der Waals surface area contributed by atoms with Crippen molar-refractivity contribution in [2.75, 3.05) is 18.4 Å². The lowest BCUT2D eigenvalue weighted by molar-refractivity contribution is -0.112. The summed E-state index contributed by atoms with van der Waals surface area (Å²) in [4.78, 5) is 14.3. The summed E-state index contributed by atoms with van der Waals surface area (Å²) in [6, 6.07) is 8.94. The summed E-state index contributed by atoms with van der Waals surface area (Å²) >= 11 is 6.03. The molecular formula is C18H24ClN3O. The molecular weight excluding hydrogens is 310 g/mol. The van der Waals surface area contributed by atoms with Crippen LogP contribution in [0.25, 0.3) is 0 Å². The maximum Gasteiger partial charge on any atom is 0.267 e. The molecule has 0 aliphatic heterocycles. The molecule has 1 aromatic rings. The average molecular weight is 334 g/mol. The molecule has 0 bridgehead atoms. The number of hydrogen-bond acceptors (Lipinski definition) is 3. The van der Waals surface area contributed by atoms with E-state index in [1.807, 2.05) is 11.0 Å². The Bertz CT molecular complexity index is 593. The first-order valence-electron chi connectivity index (χ1n) is 7.75. The number of nitrogens with one attached hydrogen (secondary N) is 1. The topological polar surface area (TPSA) is 56.1 Å². The summed E-state index contributed by atoms with van der Waals surface area (Å²) in [5.74, 6) is 0.436. The van der Waals surface area contributed by atoms with Crippen molar-refractivity contribution in [2.24, 2.45) is 11.8 Å². The van der Waals surface area contributed by atoms with Gasteiger partial charge in [-0.15, -0.1) is 0 Å². The first-order chi connectivity index (χ1) is 10.8. The van der Waals surface area contributed by atoms with E-state index in [1.165, 1.54) is 0 Å². The molecule has 0 aliphatic carbocycles. The highest BCUT2D eigenvalue weighted by Crippen LogP contribution is 2.21. The quantitative estimate of drug-likeness (QED) is 0.598. The third kappa shape index (κ3) is 6.75. The Kier molecular flexibility index (Phi) is 7.64. The summed E-state index contributed by atoms with van der Waals surface area (Å²) < 4.78 is 0. The maximum atomic E-state index is 12.3. The summed E-state index contributed by atoms with van der Waals surface area (Å²) in [6.07, 6.45) is 1.65. The number of nitrogens with zero attached hydrogens (tertiary/aromatic N) is 2. The first kappa shape index (κ1) is 19.1. The fourth-order valence-corrected chi connectivity index (χ4v) is 2.37. The highest BCUT2D eigenvalue weighted by molar-refractivity contribution is 6.33. The van der Waals surface area contributed by atoms with E-state index in [0.717, 1.165) is 13.1 Å². The van der Waals surface area contributed by atoms with E-state index in [1.54, 1.807) is 30.5 Å². The van der Waals surface area contributed by atoms with Crippen molar-refractivity contribution >= 4 is 23.2 Å². The minimum atomic E-state index is -0.446. The van der Waals surface area contributed by atoms with Crippen molar-refractivity contribution < 1.29 is 4.79 Å². The number of amides is 1. The fraction of sp³-hybridized carbons (Fsp3) is 0.444. The van der Waals surface area contributed by atoms with Crippen LogP contribution in [-0.4, -0.2) is 23.9 Å². The van der Waals surface area contributed by atoms with E-state index in [0.29, 0.717) is 22.5 Å². The van der Waals surface area contributed by atoms with E-state index < -0.39 is 5.91 Å². The minimum absolute atomic E-state index is 0.0752. The molecule has 0 saturated heterocycles. The van der Waals surface area contributed by atoms with Crippen LogP contribution in [0.2, 0.25) is 5.02 Å². The van der Waals surface area contributed by atoms with E-state index in [9.17, 15) is 10.1 Å². The lowest BCUT2D eigenvalue weighted by atomic mass is 10.1. The van der Waals surface area contributed by atoms with Gasteiger partial charge in [-0.2, -0.15) is 5.26 Å². The Morgan fingerprint density at radius 3 is 2.30 bits per heavy atom. The van der Waals surface area contributed by atoms with E-state index >= 15 is 0 Å². The molecule has 0 atom stereocenters. The zero-order valence-electron chi connectivity index (χ0n) is 14.1. The van der Waals surface area contributed by atoms with Crippen LogP contribution in [0, 0.1) is 23.2 Å². The van der Waals surface area contributed by atoms with Gasteiger partial charge in [0.05, 0.1) is 10.7 Å². The highest BCUT2D eigenvalue weighted by Gasteiger charge is 2.14. The molecule has 23 heavy (non-hydrogen) atoms. The summed E-state index contributed by atoms with van der Waals surface area (Å²) in [5, 5.41) is 12.5. The van der Waals surface area contributed by atoms with Crippen molar-refractivity contribution in [3.63, 3.8) is 0 Å². The molecule has 0 aromatic heterocycles. The number of halogens is 1. The summed E-state index contributed by atoms with van der Waals surface area (Å²) in [5.41, 5.74) is 0.575. The third-order valence-corrected chi connectivity index (χ3v) is 3.33. The van der Waals surface area contributed by atoms with Crippen LogP contribution in [0.5, 0.6) is 0 Å². The van der Waals surface area contributed by atoms with Crippen LogP contribution in [0.3, 0.4) is 0 Å². The second kappa shape index (κ2) is 9.22. The molecule has 0 saturated carbocycles. The largest absolute Gasteiger partial charge is 0.376 e. The number of rotatable bonds is 7. The Labute approximate surface area is 143 Å². The molecule has 0 radical (unpaired) electrons. The number of para-hydroxylation sites is 1. The smallest absolute Gasteiger partial charge is 0.267 e. The molecule has 1 N–H and O–H groups in total. The Hall–Kier alpha value is -1.99. The van der Waals surface area contributed by atoms with Crippen LogP contribution in [0.4, 0.5) is 5.69 Å². The van der Waals surface area contributed by atoms with Crippen molar-refractivity contribution in [1.82, 2.24) is 4.90 Å². The van der Waals surface area contributed by atoms with Crippen LogP contribution in [0.1, 0.15) is 27.7 Å². The van der Waals surface area contributed by atoms with Gasteiger partial charge in [0.1, 0.15) is 11.6 Å². The van der Waals surface area contributed by atoms with Crippen molar-refractivity contribution in [3.8, 4) is 6.07 Å². The van der Waals surface area contributed by atoms with Gasteiger partial charge in [-0.25, -0.2) is 0 Å². The molecule has 1 amide bonds. The van der Waals surface area contributed by atoms with Gasteiger partial charge in [0.2, 0.25) is 0 Å². The normalized spacial score (nSPS) is 11.5. The van der Waals surface area contributed by atoms with Gasteiger partial charge in [-0.1, -0.05) is 51.4 Å². The van der Waals surface area contributed by atoms with Gasteiger partial charge in [0.15, 0.2) is 0 Å². The molecule has 0 unspecified atom stereocenters. The predicted octanol–water partition coefficient (Wildman–Crippen LogP) is 4.30. The molecule has 1 aromatic carbocycles. The van der Waals surface area contributed by atoms with Gasteiger partial charge >= 0.3 is 0 Å². The van der Waals surface area contributed by atoms with Crippen molar-refractivity contribution in [2.45, 2.75) is 27.7 Å². The molecule has 0 spiro atoms. The number of hydrogen-bond donors (Lipinski definition) is 1. The average Bonchev–Trinajstić information content (AvgIpc) is 2.45. The van der Waals surface area contributed by atoms with Crippen molar-refractivity contribution in [3.05, 3.63) is 41.1 Å². The number of anilines is 1. The van der Waals surface area contributed by atoms with Gasteiger partial charge in [0.25, 0.3) is 5.91 Å². The first-order valence-corrected chi connectivity index (χ1v) is 8.13. The molecule has 4 nitrogen and oxygen atoms in total. The molecule has 0 heterocycles. The molecule has 0 aliphatic rings. The van der Waals surface area contributed by atoms with Crippen molar-refractivity contribution in [1.29, 1.82) is 5.26 Å². The summed E-state index contributed by atoms with van der Waals surface area (Å²) in [7, 11) is 0. The second-order valence-corrected chi connectivity index (χ2v) is 6.74. The minimum Gasteiger partial charge on any atom is -0.376 e. The molecule has 0 fully saturated rings. The Morgan fingerprint density at radius 1 is 1.26 bits per heavy atom. The summed E-state index contributed by atoms with van der Waals surface area (Å²) in [6.45, 7) is 10.0. The Balaban J connectivity index is 2.92. The van der Waals surface area contributed by atoms with E-state index in [4.69, 9.17) is 11.6 Å². The number of benzene rings is 1. The highest BCUT2D eigenvalue weighted by atomic mass is 35.5. The number of nitriles is 1. The molecule has 124 valence electrons. The maximum absolute atomic E-state index is 12.3. The number of carbonyl (C=O) groups is 1. The van der Waals surface area contributed by atoms with Gasteiger partial charge < -0.3 is 10.2 Å². The van der Waals surface area contributed by atoms with Crippen LogP contribution >= 0.6 is 11.6 Å². The zero-order chi connectivity index (χ0) is 17.4. The SMILES string of the molecule is CC(C)CN(/C=C(/C#N)C(=O)Nc1ccccc1Cl)CC(C)C. The Morgan fingerprint density at radius 2 is 1.83 bits per heavy atom. The van der Waals surface area contributed by atoms with Gasteiger partial charge in [-0.3, -0.25) is 4.79 Å². The van der Waals surface area contributed by atoms with Crippen LogP contribution < -0.4 is 5.32 Å².